The summed E-state index contributed by atoms with van der Waals surface area (Å²) in [7, 11) is 0. The van der Waals surface area contributed by atoms with Crippen LogP contribution in [0.25, 0.3) is 11.3 Å². The van der Waals surface area contributed by atoms with Gasteiger partial charge in [0.25, 0.3) is 0 Å². The smallest absolute Gasteiger partial charge is 0.223 e. The van der Waals surface area contributed by atoms with Crippen LogP contribution in [0.4, 0.5) is 5.95 Å². The summed E-state index contributed by atoms with van der Waals surface area (Å²) in [6, 6.07) is 18.7. The fraction of sp³-hybridized carbons (Fsp3) is 0.407. The summed E-state index contributed by atoms with van der Waals surface area (Å²) in [6.07, 6.45) is 6.44. The van der Waals surface area contributed by atoms with Gasteiger partial charge in [-0.05, 0) is 80.7 Å². The van der Waals surface area contributed by atoms with Crippen molar-refractivity contribution in [3.05, 3.63) is 71.9 Å². The van der Waals surface area contributed by atoms with Crippen LogP contribution in [0.1, 0.15) is 37.3 Å². The predicted molar refractivity (Wildman–Crippen MR) is 134 cm³/mol. The second-order valence-electron chi connectivity index (χ2n) is 8.76. The molecule has 33 heavy (non-hydrogen) atoms. The van der Waals surface area contributed by atoms with E-state index in [2.05, 4.69) is 51.7 Å². The van der Waals surface area contributed by atoms with Crippen molar-refractivity contribution in [2.75, 3.05) is 31.5 Å². The van der Waals surface area contributed by atoms with E-state index in [-0.39, 0.29) is 0 Å². The minimum atomic E-state index is 0.294. The van der Waals surface area contributed by atoms with Gasteiger partial charge in [0, 0.05) is 30.9 Å². The van der Waals surface area contributed by atoms with E-state index in [1.807, 2.05) is 18.2 Å². The van der Waals surface area contributed by atoms with Crippen molar-refractivity contribution in [3.8, 4) is 17.0 Å². The maximum absolute atomic E-state index is 9.61. The molecule has 6 heteroatoms. The molecule has 0 bridgehead atoms. The van der Waals surface area contributed by atoms with Gasteiger partial charge in [-0.15, -0.1) is 0 Å². The lowest BCUT2D eigenvalue weighted by Gasteiger charge is -2.22. The lowest BCUT2D eigenvalue weighted by Crippen LogP contribution is -2.30. The van der Waals surface area contributed by atoms with Crippen molar-refractivity contribution in [1.82, 2.24) is 20.2 Å². The van der Waals surface area contributed by atoms with Gasteiger partial charge >= 0.3 is 0 Å². The van der Waals surface area contributed by atoms with Crippen LogP contribution >= 0.6 is 0 Å². The van der Waals surface area contributed by atoms with Crippen molar-refractivity contribution >= 4 is 5.95 Å². The minimum Gasteiger partial charge on any atom is -0.508 e. The summed E-state index contributed by atoms with van der Waals surface area (Å²) in [5.74, 6) is 0.916. The minimum absolute atomic E-state index is 0.294. The van der Waals surface area contributed by atoms with Crippen LogP contribution in [0.15, 0.2) is 60.8 Å². The third kappa shape index (κ3) is 7.01. The number of hydrogen-bond acceptors (Lipinski definition) is 6. The van der Waals surface area contributed by atoms with Crippen molar-refractivity contribution in [2.45, 2.75) is 45.2 Å². The van der Waals surface area contributed by atoms with Gasteiger partial charge < -0.3 is 15.7 Å². The number of rotatable bonds is 11. The van der Waals surface area contributed by atoms with Gasteiger partial charge in [-0.3, -0.25) is 4.90 Å². The SMILES string of the molecule is CCN(CCC1CCCN1)Cc1cccc(-c2ccnc(NCCc3cccc(O)c3)n2)c1. The second-order valence-corrected chi connectivity index (χ2v) is 8.76. The number of hydrogen-bond donors (Lipinski definition) is 3. The topological polar surface area (TPSA) is 73.3 Å². The molecular formula is C27H35N5O. The number of benzene rings is 2. The molecule has 1 atom stereocenters. The van der Waals surface area contributed by atoms with E-state index in [4.69, 9.17) is 4.98 Å². The van der Waals surface area contributed by atoms with E-state index >= 15 is 0 Å². The fourth-order valence-electron chi connectivity index (χ4n) is 4.41. The molecule has 4 rings (SSSR count). The highest BCUT2D eigenvalue weighted by molar-refractivity contribution is 5.60. The maximum Gasteiger partial charge on any atom is 0.223 e. The Bertz CT molecular complexity index is 1020. The molecule has 0 amide bonds. The van der Waals surface area contributed by atoms with Gasteiger partial charge in [-0.25, -0.2) is 9.97 Å². The summed E-state index contributed by atoms with van der Waals surface area (Å²) >= 11 is 0. The Kier molecular flexibility index (Phi) is 8.28. The summed E-state index contributed by atoms with van der Waals surface area (Å²) in [6.45, 7) is 7.25. The van der Waals surface area contributed by atoms with Gasteiger partial charge in [0.05, 0.1) is 5.69 Å². The van der Waals surface area contributed by atoms with E-state index in [1.54, 1.807) is 18.3 Å². The van der Waals surface area contributed by atoms with E-state index in [0.29, 0.717) is 24.3 Å². The van der Waals surface area contributed by atoms with Crippen molar-refractivity contribution in [1.29, 1.82) is 0 Å². The average molecular weight is 446 g/mol. The zero-order chi connectivity index (χ0) is 22.9. The predicted octanol–water partition coefficient (Wildman–Crippen LogP) is 4.47. The molecule has 3 N–H and O–H groups in total. The Morgan fingerprint density at radius 2 is 2.00 bits per heavy atom. The van der Waals surface area contributed by atoms with Crippen molar-refractivity contribution in [3.63, 3.8) is 0 Å². The van der Waals surface area contributed by atoms with Gasteiger partial charge in [-0.1, -0.05) is 37.3 Å². The lowest BCUT2D eigenvalue weighted by molar-refractivity contribution is 0.264. The van der Waals surface area contributed by atoms with Crippen molar-refractivity contribution in [2.24, 2.45) is 0 Å². The quantitative estimate of drug-likeness (QED) is 0.404. The Hall–Kier alpha value is -2.96. The molecule has 6 nitrogen and oxygen atoms in total. The molecule has 1 unspecified atom stereocenters. The van der Waals surface area contributed by atoms with Crippen LogP contribution < -0.4 is 10.6 Å². The Morgan fingerprint density at radius 1 is 1.12 bits per heavy atom. The zero-order valence-electron chi connectivity index (χ0n) is 19.5. The van der Waals surface area contributed by atoms with Crippen molar-refractivity contribution < 1.29 is 5.11 Å². The first-order valence-corrected chi connectivity index (χ1v) is 12.1. The standard InChI is InChI=1S/C27H35N5O/c1-2-32(17-13-24-9-5-14-28-24)20-22-7-3-8-23(18-22)26-12-16-30-27(31-26)29-15-11-21-6-4-10-25(33)19-21/h3-4,6-8,10,12,16,18-19,24,28,33H,2,5,9,11,13-15,17,20H2,1H3,(H,29,30,31). The van der Waals surface area contributed by atoms with E-state index in [9.17, 15) is 5.11 Å². The Balaban J connectivity index is 1.35. The highest BCUT2D eigenvalue weighted by atomic mass is 16.3. The molecule has 1 aliphatic heterocycles. The number of phenols is 1. The molecule has 1 saturated heterocycles. The van der Waals surface area contributed by atoms with E-state index in [0.717, 1.165) is 42.9 Å². The number of aromatic hydroxyl groups is 1. The molecule has 2 aromatic carbocycles. The van der Waals surface area contributed by atoms with Gasteiger partial charge in [0.1, 0.15) is 5.75 Å². The van der Waals surface area contributed by atoms with Crippen LogP contribution in [-0.4, -0.2) is 52.2 Å². The van der Waals surface area contributed by atoms with Crippen LogP contribution in [0.3, 0.4) is 0 Å². The number of aromatic nitrogens is 2. The molecule has 1 aliphatic rings. The normalized spacial score (nSPS) is 15.8. The first kappa shape index (κ1) is 23.2. The van der Waals surface area contributed by atoms with Crippen LogP contribution in [-0.2, 0) is 13.0 Å². The van der Waals surface area contributed by atoms with E-state index < -0.39 is 0 Å². The number of anilines is 1. The Morgan fingerprint density at radius 3 is 2.82 bits per heavy atom. The van der Waals surface area contributed by atoms with Crippen LogP contribution in [0.2, 0.25) is 0 Å². The molecule has 0 saturated carbocycles. The number of nitrogens with zero attached hydrogens (tertiary/aromatic N) is 3. The summed E-state index contributed by atoms with van der Waals surface area (Å²) in [5.41, 5.74) is 4.42. The summed E-state index contributed by atoms with van der Waals surface area (Å²) in [5, 5.41) is 16.5. The zero-order valence-corrected chi connectivity index (χ0v) is 19.5. The molecule has 3 aromatic rings. The average Bonchev–Trinajstić information content (AvgIpc) is 3.36. The lowest BCUT2D eigenvalue weighted by atomic mass is 10.1. The molecule has 0 spiro atoms. The van der Waals surface area contributed by atoms with Gasteiger partial charge in [-0.2, -0.15) is 0 Å². The molecule has 1 fully saturated rings. The first-order valence-electron chi connectivity index (χ1n) is 12.1. The molecule has 174 valence electrons. The number of nitrogens with one attached hydrogen (secondary N) is 2. The van der Waals surface area contributed by atoms with Gasteiger partial charge in [0.15, 0.2) is 0 Å². The highest BCUT2D eigenvalue weighted by Gasteiger charge is 2.15. The largest absolute Gasteiger partial charge is 0.508 e. The highest BCUT2D eigenvalue weighted by Crippen LogP contribution is 2.20. The monoisotopic (exact) mass is 445 g/mol. The molecule has 1 aromatic heterocycles. The second kappa shape index (κ2) is 11.8. The summed E-state index contributed by atoms with van der Waals surface area (Å²) < 4.78 is 0. The number of phenolic OH excluding ortho intramolecular Hbond substituents is 1. The molecule has 0 aliphatic carbocycles. The van der Waals surface area contributed by atoms with Crippen LogP contribution in [0.5, 0.6) is 5.75 Å². The van der Waals surface area contributed by atoms with Gasteiger partial charge in [0.2, 0.25) is 5.95 Å². The molecule has 2 heterocycles. The maximum atomic E-state index is 9.61. The first-order chi connectivity index (χ1) is 16.2. The fourth-order valence-corrected chi connectivity index (χ4v) is 4.41. The molecular weight excluding hydrogens is 410 g/mol. The third-order valence-electron chi connectivity index (χ3n) is 6.30. The van der Waals surface area contributed by atoms with E-state index in [1.165, 1.54) is 31.4 Å². The third-order valence-corrected chi connectivity index (χ3v) is 6.30. The van der Waals surface area contributed by atoms with Crippen LogP contribution in [0, 0.1) is 0 Å². The summed E-state index contributed by atoms with van der Waals surface area (Å²) in [4.78, 5) is 11.6. The molecule has 0 radical (unpaired) electrons. The Labute approximate surface area is 197 Å².